The topological polar surface area (TPSA) is 86.9 Å². The second kappa shape index (κ2) is 6.58. The Labute approximate surface area is 140 Å². The summed E-state index contributed by atoms with van der Waals surface area (Å²) < 4.78 is 1.60. The zero-order valence-electron chi connectivity index (χ0n) is 13.5. The summed E-state index contributed by atoms with van der Waals surface area (Å²) in [6.07, 6.45) is 4.27. The molecule has 1 unspecified atom stereocenters. The molecule has 1 aromatic heterocycles. The van der Waals surface area contributed by atoms with E-state index in [1.54, 1.807) is 23.1 Å². The Bertz CT molecular complexity index is 841. The number of rotatable bonds is 5. The first-order valence-electron chi connectivity index (χ1n) is 7.90. The molecule has 0 aliphatic heterocycles. The number of aromatic nitrogens is 2. The van der Waals surface area contributed by atoms with Crippen molar-refractivity contribution in [3.05, 3.63) is 77.6 Å². The summed E-state index contributed by atoms with van der Waals surface area (Å²) >= 11 is 0. The van der Waals surface area contributed by atoms with E-state index in [1.807, 2.05) is 30.3 Å². The number of nitrogens with zero attached hydrogens (tertiary/aromatic N) is 2. The summed E-state index contributed by atoms with van der Waals surface area (Å²) in [6, 6.07) is 15.7. The first kappa shape index (κ1) is 15.8. The Balaban J connectivity index is 2.17. The molecule has 5 heteroatoms. The zero-order chi connectivity index (χ0) is 17.1. The van der Waals surface area contributed by atoms with Gasteiger partial charge in [0.25, 0.3) is 5.91 Å². The number of nitrogen functional groups attached to an aromatic ring is 1. The summed E-state index contributed by atoms with van der Waals surface area (Å²) in [7, 11) is 0. The van der Waals surface area contributed by atoms with E-state index >= 15 is 0 Å². The van der Waals surface area contributed by atoms with E-state index in [0.717, 1.165) is 17.5 Å². The molecule has 122 valence electrons. The Kier molecular flexibility index (Phi) is 4.33. The number of hydrogen-bond donors (Lipinski definition) is 2. The third-order valence-corrected chi connectivity index (χ3v) is 4.24. The average molecular weight is 320 g/mol. The summed E-state index contributed by atoms with van der Waals surface area (Å²) in [5.74, 6) is -0.446. The van der Waals surface area contributed by atoms with E-state index < -0.39 is 5.91 Å². The van der Waals surface area contributed by atoms with Gasteiger partial charge in [-0.1, -0.05) is 43.3 Å². The van der Waals surface area contributed by atoms with Crippen molar-refractivity contribution < 1.29 is 4.79 Å². The van der Waals surface area contributed by atoms with Gasteiger partial charge in [-0.2, -0.15) is 5.10 Å². The highest BCUT2D eigenvalue weighted by Crippen LogP contribution is 2.35. The molecule has 0 saturated heterocycles. The maximum Gasteiger partial charge on any atom is 0.253 e. The van der Waals surface area contributed by atoms with Gasteiger partial charge in [-0.25, -0.2) is 4.68 Å². The van der Waals surface area contributed by atoms with Crippen LogP contribution in [0, 0.1) is 0 Å². The van der Waals surface area contributed by atoms with Crippen LogP contribution in [0.25, 0.3) is 5.69 Å². The number of primary amides is 1. The second-order valence-electron chi connectivity index (χ2n) is 5.65. The molecule has 1 amide bonds. The lowest BCUT2D eigenvalue weighted by Gasteiger charge is -2.21. The first-order valence-corrected chi connectivity index (χ1v) is 7.90. The minimum absolute atomic E-state index is 0.107. The van der Waals surface area contributed by atoms with Crippen molar-refractivity contribution in [2.45, 2.75) is 19.3 Å². The van der Waals surface area contributed by atoms with Gasteiger partial charge in [0.2, 0.25) is 0 Å². The highest BCUT2D eigenvalue weighted by molar-refractivity contribution is 6.02. The van der Waals surface area contributed by atoms with Gasteiger partial charge in [-0.15, -0.1) is 0 Å². The van der Waals surface area contributed by atoms with Gasteiger partial charge in [0, 0.05) is 18.3 Å². The minimum Gasteiger partial charge on any atom is -0.398 e. The Morgan fingerprint density at radius 1 is 1.17 bits per heavy atom. The van der Waals surface area contributed by atoms with Crippen molar-refractivity contribution in [3.63, 3.8) is 0 Å². The number of carbonyl (C=O) groups is 1. The number of anilines is 1. The lowest BCUT2D eigenvalue weighted by molar-refractivity contribution is 0.100. The monoisotopic (exact) mass is 320 g/mol. The van der Waals surface area contributed by atoms with E-state index in [1.165, 1.54) is 0 Å². The van der Waals surface area contributed by atoms with Crippen LogP contribution in [0.15, 0.2) is 60.9 Å². The van der Waals surface area contributed by atoms with Gasteiger partial charge in [0.1, 0.15) is 0 Å². The van der Waals surface area contributed by atoms with Gasteiger partial charge >= 0.3 is 0 Å². The van der Waals surface area contributed by atoms with Crippen LogP contribution in [0.2, 0.25) is 0 Å². The smallest absolute Gasteiger partial charge is 0.253 e. The van der Waals surface area contributed by atoms with Crippen LogP contribution in [-0.4, -0.2) is 15.7 Å². The Hall–Kier alpha value is -3.08. The standard InChI is InChI=1S/C19H20N4O/c1-2-14(13-7-4-3-5-8-13)15-9-10-16(23-12-6-11-22-23)17(18(15)20)19(21)24/h3-12,14H,2,20H2,1H3,(H2,21,24). The van der Waals surface area contributed by atoms with Crippen molar-refractivity contribution in [1.29, 1.82) is 0 Å². The molecule has 5 nitrogen and oxygen atoms in total. The number of carbonyl (C=O) groups excluding carboxylic acids is 1. The van der Waals surface area contributed by atoms with Crippen molar-refractivity contribution >= 4 is 11.6 Å². The van der Waals surface area contributed by atoms with Crippen molar-refractivity contribution in [3.8, 4) is 5.69 Å². The van der Waals surface area contributed by atoms with Crippen LogP contribution in [0.1, 0.15) is 40.7 Å². The molecule has 0 aliphatic rings. The van der Waals surface area contributed by atoms with Crippen LogP contribution < -0.4 is 11.5 Å². The van der Waals surface area contributed by atoms with Crippen LogP contribution in [0.3, 0.4) is 0 Å². The van der Waals surface area contributed by atoms with Crippen LogP contribution in [-0.2, 0) is 0 Å². The van der Waals surface area contributed by atoms with E-state index in [2.05, 4.69) is 24.2 Å². The number of hydrogen-bond acceptors (Lipinski definition) is 3. The Morgan fingerprint density at radius 3 is 2.50 bits per heavy atom. The van der Waals surface area contributed by atoms with E-state index in [4.69, 9.17) is 11.5 Å². The third kappa shape index (κ3) is 2.76. The van der Waals surface area contributed by atoms with E-state index in [0.29, 0.717) is 16.9 Å². The van der Waals surface area contributed by atoms with Crippen molar-refractivity contribution in [1.82, 2.24) is 9.78 Å². The van der Waals surface area contributed by atoms with Gasteiger partial charge in [-0.05, 0) is 29.7 Å². The molecule has 0 radical (unpaired) electrons. The molecule has 0 saturated carbocycles. The zero-order valence-corrected chi connectivity index (χ0v) is 13.5. The molecular weight excluding hydrogens is 300 g/mol. The quantitative estimate of drug-likeness (QED) is 0.708. The fourth-order valence-electron chi connectivity index (χ4n) is 3.11. The number of amides is 1. The fraction of sp³-hybridized carbons (Fsp3) is 0.158. The molecule has 2 aromatic carbocycles. The summed E-state index contributed by atoms with van der Waals surface area (Å²) in [4.78, 5) is 12.0. The highest BCUT2D eigenvalue weighted by Gasteiger charge is 2.22. The average Bonchev–Trinajstić information content (AvgIpc) is 3.11. The maximum absolute atomic E-state index is 12.0. The highest BCUT2D eigenvalue weighted by atomic mass is 16.1. The van der Waals surface area contributed by atoms with Crippen LogP contribution >= 0.6 is 0 Å². The predicted octanol–water partition coefficient (Wildman–Crippen LogP) is 3.10. The van der Waals surface area contributed by atoms with E-state index in [9.17, 15) is 4.79 Å². The van der Waals surface area contributed by atoms with Crippen molar-refractivity contribution in [2.75, 3.05) is 5.73 Å². The molecule has 3 rings (SSSR count). The van der Waals surface area contributed by atoms with Gasteiger partial charge in [0.05, 0.1) is 16.9 Å². The molecule has 0 aliphatic carbocycles. The molecular formula is C19H20N4O. The SMILES string of the molecule is CCC(c1ccccc1)c1ccc(-n2cccn2)c(C(N)=O)c1N. The molecule has 0 bridgehead atoms. The third-order valence-electron chi connectivity index (χ3n) is 4.24. The lowest BCUT2D eigenvalue weighted by Crippen LogP contribution is -2.19. The minimum atomic E-state index is -0.553. The summed E-state index contributed by atoms with van der Waals surface area (Å²) in [5.41, 5.74) is 15.4. The van der Waals surface area contributed by atoms with Crippen LogP contribution in [0.4, 0.5) is 5.69 Å². The Morgan fingerprint density at radius 2 is 1.92 bits per heavy atom. The summed E-state index contributed by atoms with van der Waals surface area (Å²) in [5, 5.41) is 4.18. The lowest BCUT2D eigenvalue weighted by atomic mass is 9.86. The number of nitrogens with two attached hydrogens (primary N) is 2. The molecule has 3 aromatic rings. The predicted molar refractivity (Wildman–Crippen MR) is 95.1 cm³/mol. The molecule has 1 heterocycles. The van der Waals surface area contributed by atoms with Crippen molar-refractivity contribution in [2.24, 2.45) is 5.73 Å². The number of benzene rings is 2. The largest absolute Gasteiger partial charge is 0.398 e. The molecule has 4 N–H and O–H groups in total. The van der Waals surface area contributed by atoms with Gasteiger partial charge in [0.15, 0.2) is 0 Å². The molecule has 24 heavy (non-hydrogen) atoms. The summed E-state index contributed by atoms with van der Waals surface area (Å²) in [6.45, 7) is 2.10. The molecule has 1 atom stereocenters. The van der Waals surface area contributed by atoms with Crippen LogP contribution in [0.5, 0.6) is 0 Å². The van der Waals surface area contributed by atoms with Gasteiger partial charge < -0.3 is 11.5 Å². The molecule has 0 fully saturated rings. The molecule has 0 spiro atoms. The van der Waals surface area contributed by atoms with E-state index in [-0.39, 0.29) is 5.92 Å². The van der Waals surface area contributed by atoms with Gasteiger partial charge in [-0.3, -0.25) is 4.79 Å². The normalized spacial score (nSPS) is 12.0. The first-order chi connectivity index (χ1) is 11.6. The maximum atomic E-state index is 12.0. The fourth-order valence-corrected chi connectivity index (χ4v) is 3.11. The second-order valence-corrected chi connectivity index (χ2v) is 5.65.